The summed E-state index contributed by atoms with van der Waals surface area (Å²) in [6, 6.07) is 0. The second-order valence-corrected chi connectivity index (χ2v) is 1.61. The number of rotatable bonds is 4. The maximum atomic E-state index is 10.2. The van der Waals surface area contributed by atoms with E-state index >= 15 is 0 Å². The van der Waals surface area contributed by atoms with Crippen molar-refractivity contribution < 1.29 is 9.53 Å². The van der Waals surface area contributed by atoms with E-state index in [1.807, 2.05) is 0 Å². The van der Waals surface area contributed by atoms with Gasteiger partial charge in [-0.25, -0.2) is 0 Å². The molecule has 0 atom stereocenters. The Hall–Kier alpha value is -0.370. The van der Waals surface area contributed by atoms with Crippen LogP contribution in [-0.2, 0) is 9.53 Å². The Balaban J connectivity index is 2.82. The molecule has 0 rings (SSSR count). The maximum absolute atomic E-state index is 10.2. The molecule has 0 N–H and O–H groups in total. The van der Waals surface area contributed by atoms with E-state index in [4.69, 9.17) is 4.74 Å². The third-order valence-electron chi connectivity index (χ3n) is 0.594. The molecular formula is C6H11O2. The largest absolute Gasteiger partial charge is 0.374 e. The maximum Gasteiger partial charge on any atom is 0.155 e. The van der Waals surface area contributed by atoms with Gasteiger partial charge in [-0.3, -0.25) is 4.79 Å². The first kappa shape index (κ1) is 7.63. The molecule has 2 heteroatoms. The van der Waals surface area contributed by atoms with Gasteiger partial charge in [-0.05, 0) is 13.3 Å². The molecule has 0 aromatic rings. The Bertz CT molecular complexity index is 68.9. The van der Waals surface area contributed by atoms with Crippen LogP contribution in [0.25, 0.3) is 0 Å². The van der Waals surface area contributed by atoms with Gasteiger partial charge in [0.1, 0.15) is 6.61 Å². The zero-order valence-corrected chi connectivity index (χ0v) is 5.14. The number of Topliss-reactive ketones (excluding diaryl/α,β-unsaturated/α-hetero) is 1. The molecule has 2 nitrogen and oxygen atoms in total. The Morgan fingerprint density at radius 3 is 2.75 bits per heavy atom. The normalized spacial score (nSPS) is 9.25. The molecule has 1 radical (unpaired) electrons. The Morgan fingerprint density at radius 2 is 2.38 bits per heavy atom. The molecular weight excluding hydrogens is 104 g/mol. The summed E-state index contributed by atoms with van der Waals surface area (Å²) in [6.07, 6.45) is 0.729. The first-order valence-electron chi connectivity index (χ1n) is 2.64. The van der Waals surface area contributed by atoms with E-state index in [-0.39, 0.29) is 12.4 Å². The van der Waals surface area contributed by atoms with E-state index in [9.17, 15) is 4.79 Å². The average Bonchev–Trinajstić information content (AvgIpc) is 1.66. The molecule has 0 aliphatic carbocycles. The minimum atomic E-state index is 0.0680. The molecule has 0 saturated carbocycles. The molecule has 0 aliphatic heterocycles. The van der Waals surface area contributed by atoms with Gasteiger partial charge in [0.05, 0.1) is 0 Å². The third kappa shape index (κ3) is 5.63. The summed E-state index contributed by atoms with van der Waals surface area (Å²) < 4.78 is 4.83. The van der Waals surface area contributed by atoms with Crippen LogP contribution in [0.1, 0.15) is 13.3 Å². The van der Waals surface area contributed by atoms with E-state index in [1.54, 1.807) is 0 Å². The highest BCUT2D eigenvalue weighted by atomic mass is 16.5. The van der Waals surface area contributed by atoms with Crippen molar-refractivity contribution >= 4 is 5.78 Å². The lowest BCUT2D eigenvalue weighted by Crippen LogP contribution is -2.03. The lowest BCUT2D eigenvalue weighted by Gasteiger charge is -1.95. The number of hydrogen-bond donors (Lipinski definition) is 0. The van der Waals surface area contributed by atoms with Crippen LogP contribution in [0.2, 0.25) is 0 Å². The van der Waals surface area contributed by atoms with Gasteiger partial charge in [-0.15, -0.1) is 0 Å². The van der Waals surface area contributed by atoms with Crippen molar-refractivity contribution in [2.75, 3.05) is 13.2 Å². The van der Waals surface area contributed by atoms with Crippen LogP contribution in [0.3, 0.4) is 0 Å². The van der Waals surface area contributed by atoms with E-state index in [1.165, 1.54) is 6.92 Å². The van der Waals surface area contributed by atoms with Crippen LogP contribution >= 0.6 is 0 Å². The van der Waals surface area contributed by atoms with Crippen molar-refractivity contribution in [3.63, 3.8) is 0 Å². The zero-order valence-electron chi connectivity index (χ0n) is 5.14. The van der Waals surface area contributed by atoms with E-state index in [2.05, 4.69) is 6.92 Å². The van der Waals surface area contributed by atoms with Crippen LogP contribution in [0, 0.1) is 6.92 Å². The van der Waals surface area contributed by atoms with Crippen LogP contribution in [0.4, 0.5) is 0 Å². The molecule has 0 aliphatic rings. The fourth-order valence-electron chi connectivity index (χ4n) is 0.318. The first-order valence-corrected chi connectivity index (χ1v) is 2.64. The van der Waals surface area contributed by atoms with Crippen LogP contribution in [-0.4, -0.2) is 19.0 Å². The van der Waals surface area contributed by atoms with Crippen molar-refractivity contribution in [2.45, 2.75) is 13.3 Å². The summed E-state index contributed by atoms with van der Waals surface area (Å²) in [5.41, 5.74) is 0. The summed E-state index contributed by atoms with van der Waals surface area (Å²) >= 11 is 0. The van der Waals surface area contributed by atoms with Gasteiger partial charge < -0.3 is 4.74 Å². The number of hydrogen-bond acceptors (Lipinski definition) is 2. The Kier molecular flexibility index (Phi) is 4.56. The van der Waals surface area contributed by atoms with Crippen molar-refractivity contribution in [3.8, 4) is 0 Å². The van der Waals surface area contributed by atoms with Gasteiger partial charge in [0.25, 0.3) is 0 Å². The van der Waals surface area contributed by atoms with Crippen molar-refractivity contribution in [2.24, 2.45) is 0 Å². The van der Waals surface area contributed by atoms with E-state index in [0.717, 1.165) is 6.42 Å². The third-order valence-corrected chi connectivity index (χ3v) is 0.594. The number of ether oxygens (including phenoxy) is 1. The molecule has 0 aromatic heterocycles. The minimum Gasteiger partial charge on any atom is -0.374 e. The topological polar surface area (TPSA) is 26.3 Å². The lowest BCUT2D eigenvalue weighted by atomic mass is 10.5. The molecule has 0 spiro atoms. The van der Waals surface area contributed by atoms with Crippen molar-refractivity contribution in [1.29, 1.82) is 0 Å². The average molecular weight is 115 g/mol. The summed E-state index contributed by atoms with van der Waals surface area (Å²) in [5.74, 6) is 0.0680. The fourth-order valence-corrected chi connectivity index (χ4v) is 0.318. The second-order valence-electron chi connectivity index (χ2n) is 1.61. The van der Waals surface area contributed by atoms with Gasteiger partial charge >= 0.3 is 0 Å². The summed E-state index contributed by atoms with van der Waals surface area (Å²) in [5, 5.41) is 0. The van der Waals surface area contributed by atoms with E-state index in [0.29, 0.717) is 6.61 Å². The Labute approximate surface area is 49.8 Å². The van der Waals surface area contributed by atoms with Crippen LogP contribution < -0.4 is 0 Å². The predicted octanol–water partition coefficient (Wildman–Crippen LogP) is 0.816. The van der Waals surface area contributed by atoms with Gasteiger partial charge in [-0.1, -0.05) is 6.92 Å². The number of carbonyl (C=O) groups excluding carboxylic acids is 1. The standard InChI is InChI=1S/C6H11O2/c1-3-4-8-5-6(2)7/h1,3-5H2,2H3. The summed E-state index contributed by atoms with van der Waals surface area (Å²) in [6.45, 7) is 5.86. The molecule has 8 heavy (non-hydrogen) atoms. The number of carbonyl (C=O) groups is 1. The number of ketones is 1. The fraction of sp³-hybridized carbons (Fsp3) is 0.667. The smallest absolute Gasteiger partial charge is 0.155 e. The van der Waals surface area contributed by atoms with Gasteiger partial charge in [0.15, 0.2) is 5.78 Å². The van der Waals surface area contributed by atoms with Crippen LogP contribution in [0.5, 0.6) is 0 Å². The Morgan fingerprint density at radius 1 is 1.75 bits per heavy atom. The van der Waals surface area contributed by atoms with Gasteiger partial charge in [-0.2, -0.15) is 0 Å². The van der Waals surface area contributed by atoms with Crippen LogP contribution in [0.15, 0.2) is 0 Å². The monoisotopic (exact) mass is 115 g/mol. The molecule has 0 amide bonds. The molecule has 0 saturated heterocycles. The highest BCUT2D eigenvalue weighted by molar-refractivity contribution is 5.76. The van der Waals surface area contributed by atoms with Gasteiger partial charge in [0.2, 0.25) is 0 Å². The molecule has 47 valence electrons. The van der Waals surface area contributed by atoms with Crippen molar-refractivity contribution in [1.82, 2.24) is 0 Å². The quantitative estimate of drug-likeness (QED) is 0.507. The molecule has 0 heterocycles. The molecule has 0 bridgehead atoms. The highest BCUT2D eigenvalue weighted by Gasteiger charge is 1.88. The molecule has 0 aromatic carbocycles. The highest BCUT2D eigenvalue weighted by Crippen LogP contribution is 1.78. The lowest BCUT2D eigenvalue weighted by molar-refractivity contribution is -0.121. The molecule has 0 unspecified atom stereocenters. The minimum absolute atomic E-state index is 0.0680. The first-order chi connectivity index (χ1) is 3.77. The SMILES string of the molecule is [CH2]CCOCC(C)=O. The van der Waals surface area contributed by atoms with Crippen molar-refractivity contribution in [3.05, 3.63) is 6.92 Å². The van der Waals surface area contributed by atoms with Gasteiger partial charge in [0, 0.05) is 6.61 Å². The van der Waals surface area contributed by atoms with E-state index < -0.39 is 0 Å². The zero-order chi connectivity index (χ0) is 6.41. The second kappa shape index (κ2) is 4.78. The predicted molar refractivity (Wildman–Crippen MR) is 31.5 cm³/mol. The molecule has 0 fully saturated rings. The summed E-state index contributed by atoms with van der Waals surface area (Å²) in [4.78, 5) is 10.2. The summed E-state index contributed by atoms with van der Waals surface area (Å²) in [7, 11) is 0.